The highest BCUT2D eigenvalue weighted by Crippen LogP contribution is 2.01. The van der Waals surface area contributed by atoms with Crippen LogP contribution in [0.25, 0.3) is 0 Å². The van der Waals surface area contributed by atoms with Crippen molar-refractivity contribution in [1.29, 1.82) is 0 Å². The molecular weight excluding hydrogens is 136 g/mol. The third-order valence-electron chi connectivity index (χ3n) is 1.10. The second-order valence-electron chi connectivity index (χ2n) is 1.90. The molecule has 1 saturated heterocycles. The molecule has 1 heterocycles. The van der Waals surface area contributed by atoms with Gasteiger partial charge in [0.15, 0.2) is 6.23 Å². The smallest absolute Gasteiger partial charge is 0.429 e. The number of hydrogen-bond donors (Lipinski definition) is 2. The molecule has 0 aliphatic carbocycles. The Morgan fingerprint density at radius 3 is 3.10 bits per heavy atom. The lowest BCUT2D eigenvalue weighted by Gasteiger charge is -2.06. The van der Waals surface area contributed by atoms with Crippen molar-refractivity contribution in [2.24, 2.45) is 0 Å². The Balaban J connectivity index is 2.12. The lowest BCUT2D eigenvalue weighted by molar-refractivity contribution is 0.108. The summed E-state index contributed by atoms with van der Waals surface area (Å²) in [6.07, 6.45) is -0.895. The highest BCUT2D eigenvalue weighted by molar-refractivity contribution is 5.61. The molecule has 0 aromatic rings. The Kier molecular flexibility index (Phi) is 2.47. The summed E-state index contributed by atoms with van der Waals surface area (Å²) in [4.78, 5) is 10.3. The van der Waals surface area contributed by atoms with Gasteiger partial charge in [-0.2, -0.15) is 0 Å². The van der Waals surface area contributed by atoms with Gasteiger partial charge < -0.3 is 14.8 Å². The maximum absolute atomic E-state index is 10.3. The Morgan fingerprint density at radius 1 is 1.80 bits per heavy atom. The second-order valence-corrected chi connectivity index (χ2v) is 1.90. The fourth-order valence-corrected chi connectivity index (χ4v) is 0.644. The molecule has 2 N–H and O–H groups in total. The molecule has 1 atom stereocenters. The van der Waals surface area contributed by atoms with Crippen molar-refractivity contribution in [2.75, 3.05) is 20.3 Å². The monoisotopic (exact) mass is 146 g/mol. The van der Waals surface area contributed by atoms with Crippen LogP contribution in [0.1, 0.15) is 0 Å². The molecular formula is C5H10N2O3. The molecule has 1 fully saturated rings. The maximum Gasteiger partial charge on any atom is 0.510 e. The minimum Gasteiger partial charge on any atom is -0.429 e. The molecule has 1 aliphatic heterocycles. The van der Waals surface area contributed by atoms with Crippen molar-refractivity contribution in [3.05, 3.63) is 0 Å². The third kappa shape index (κ3) is 1.85. The summed E-state index contributed by atoms with van der Waals surface area (Å²) >= 11 is 0. The topological polar surface area (TPSA) is 59.6 Å². The summed E-state index contributed by atoms with van der Waals surface area (Å²) in [6.45, 7) is 0.891. The Bertz CT molecular complexity index is 128. The van der Waals surface area contributed by atoms with Crippen LogP contribution in [0, 0.1) is 0 Å². The van der Waals surface area contributed by atoms with Gasteiger partial charge in [0.25, 0.3) is 0 Å². The average molecular weight is 146 g/mol. The van der Waals surface area contributed by atoms with Crippen molar-refractivity contribution < 1.29 is 14.3 Å². The standard InChI is InChI=1S/C5H10N2O3/c1-6-3-7-4-2-9-5(8)10-4/h4,6-7H,2-3H2,1H3. The molecule has 0 aromatic carbocycles. The molecule has 0 radical (unpaired) electrons. The van der Waals surface area contributed by atoms with Crippen LogP contribution in [0.15, 0.2) is 0 Å². The van der Waals surface area contributed by atoms with Crippen LogP contribution in [0.3, 0.4) is 0 Å². The fraction of sp³-hybridized carbons (Fsp3) is 0.800. The van der Waals surface area contributed by atoms with E-state index in [2.05, 4.69) is 20.1 Å². The molecule has 0 bridgehead atoms. The average Bonchev–Trinajstić information content (AvgIpc) is 2.31. The zero-order valence-corrected chi connectivity index (χ0v) is 5.72. The van der Waals surface area contributed by atoms with E-state index in [0.29, 0.717) is 13.3 Å². The summed E-state index contributed by atoms with van der Waals surface area (Å²) in [5.41, 5.74) is 0. The first-order chi connectivity index (χ1) is 4.83. The highest BCUT2D eigenvalue weighted by atomic mass is 16.8. The van der Waals surface area contributed by atoms with Crippen LogP contribution < -0.4 is 10.6 Å². The third-order valence-corrected chi connectivity index (χ3v) is 1.10. The zero-order chi connectivity index (χ0) is 7.40. The SMILES string of the molecule is CNCNC1COC(=O)O1. The molecule has 5 heteroatoms. The quantitative estimate of drug-likeness (QED) is 0.405. The first kappa shape index (κ1) is 7.30. The molecule has 10 heavy (non-hydrogen) atoms. The first-order valence-electron chi connectivity index (χ1n) is 3.04. The number of cyclic esters (lactones) is 2. The van der Waals surface area contributed by atoms with Crippen molar-refractivity contribution in [2.45, 2.75) is 6.23 Å². The Morgan fingerprint density at radius 2 is 2.60 bits per heavy atom. The number of carbonyl (C=O) groups excluding carboxylic acids is 1. The van der Waals surface area contributed by atoms with Gasteiger partial charge in [-0.15, -0.1) is 0 Å². The van der Waals surface area contributed by atoms with E-state index in [1.807, 2.05) is 0 Å². The zero-order valence-electron chi connectivity index (χ0n) is 5.72. The second kappa shape index (κ2) is 3.38. The number of ether oxygens (including phenoxy) is 2. The van der Waals surface area contributed by atoms with E-state index in [4.69, 9.17) is 0 Å². The van der Waals surface area contributed by atoms with E-state index < -0.39 is 6.16 Å². The predicted octanol–water partition coefficient (Wildman–Crippen LogP) is -0.754. The van der Waals surface area contributed by atoms with E-state index in [1.54, 1.807) is 7.05 Å². The number of hydrogen-bond acceptors (Lipinski definition) is 5. The van der Waals surface area contributed by atoms with Crippen LogP contribution in [-0.2, 0) is 9.47 Å². The van der Waals surface area contributed by atoms with E-state index in [-0.39, 0.29) is 6.23 Å². The largest absolute Gasteiger partial charge is 0.510 e. The minimum absolute atomic E-state index is 0.292. The summed E-state index contributed by atoms with van der Waals surface area (Å²) in [7, 11) is 1.80. The molecule has 0 aromatic heterocycles. The fourth-order valence-electron chi connectivity index (χ4n) is 0.644. The summed E-state index contributed by atoms with van der Waals surface area (Å²) in [5, 5.41) is 5.73. The molecule has 1 aliphatic rings. The van der Waals surface area contributed by atoms with Crippen molar-refractivity contribution >= 4 is 6.16 Å². The van der Waals surface area contributed by atoms with Crippen molar-refractivity contribution in [1.82, 2.24) is 10.6 Å². The summed E-state index contributed by atoms with van der Waals surface area (Å²) in [5.74, 6) is 0. The van der Waals surface area contributed by atoms with Gasteiger partial charge in [0.2, 0.25) is 0 Å². The normalized spacial score (nSPS) is 24.1. The summed E-state index contributed by atoms with van der Waals surface area (Å²) in [6, 6.07) is 0. The number of nitrogens with one attached hydrogen (secondary N) is 2. The predicted molar refractivity (Wildman–Crippen MR) is 33.3 cm³/mol. The van der Waals surface area contributed by atoms with Crippen molar-refractivity contribution in [3.63, 3.8) is 0 Å². The van der Waals surface area contributed by atoms with E-state index in [9.17, 15) is 4.79 Å². The summed E-state index contributed by atoms with van der Waals surface area (Å²) < 4.78 is 9.16. The molecule has 0 spiro atoms. The molecule has 0 amide bonds. The molecule has 1 rings (SSSR count). The van der Waals surface area contributed by atoms with Gasteiger partial charge in [0.05, 0.1) is 0 Å². The minimum atomic E-state index is -0.603. The Hall–Kier alpha value is -0.810. The van der Waals surface area contributed by atoms with Gasteiger partial charge in [-0.05, 0) is 7.05 Å². The van der Waals surface area contributed by atoms with Crippen LogP contribution in [0.5, 0.6) is 0 Å². The van der Waals surface area contributed by atoms with Gasteiger partial charge in [-0.3, -0.25) is 5.32 Å². The molecule has 58 valence electrons. The number of rotatable bonds is 3. The van der Waals surface area contributed by atoms with E-state index in [1.165, 1.54) is 0 Å². The molecule has 0 saturated carbocycles. The van der Waals surface area contributed by atoms with Crippen LogP contribution in [-0.4, -0.2) is 32.7 Å². The first-order valence-corrected chi connectivity index (χ1v) is 3.04. The van der Waals surface area contributed by atoms with E-state index >= 15 is 0 Å². The van der Waals surface area contributed by atoms with Gasteiger partial charge >= 0.3 is 6.16 Å². The van der Waals surface area contributed by atoms with E-state index in [0.717, 1.165) is 0 Å². The lowest BCUT2D eigenvalue weighted by Crippen LogP contribution is -2.36. The van der Waals surface area contributed by atoms with Crippen molar-refractivity contribution in [3.8, 4) is 0 Å². The highest BCUT2D eigenvalue weighted by Gasteiger charge is 2.23. The van der Waals surface area contributed by atoms with Gasteiger partial charge in [0, 0.05) is 6.67 Å². The molecule has 5 nitrogen and oxygen atoms in total. The number of carbonyl (C=O) groups is 1. The maximum atomic E-state index is 10.3. The van der Waals surface area contributed by atoms with Crippen LogP contribution >= 0.6 is 0 Å². The van der Waals surface area contributed by atoms with Gasteiger partial charge in [-0.1, -0.05) is 0 Å². The van der Waals surface area contributed by atoms with Gasteiger partial charge in [0.1, 0.15) is 6.61 Å². The van der Waals surface area contributed by atoms with Crippen LogP contribution in [0.2, 0.25) is 0 Å². The van der Waals surface area contributed by atoms with Crippen LogP contribution in [0.4, 0.5) is 4.79 Å². The lowest BCUT2D eigenvalue weighted by atomic mass is 10.6. The molecule has 1 unspecified atom stereocenters. The van der Waals surface area contributed by atoms with Gasteiger partial charge in [-0.25, -0.2) is 4.79 Å². The Labute approximate surface area is 58.7 Å².